The molecule has 17 heavy (non-hydrogen) atoms. The Morgan fingerprint density at radius 1 is 1.35 bits per heavy atom. The molecule has 0 saturated heterocycles. The predicted molar refractivity (Wildman–Crippen MR) is 73.3 cm³/mol. The van der Waals surface area contributed by atoms with Gasteiger partial charge in [0.1, 0.15) is 0 Å². The molecule has 0 aliphatic rings. The average Bonchev–Trinajstić information content (AvgIpc) is 2.34. The monoisotopic (exact) mass is 233 g/mol. The lowest BCUT2D eigenvalue weighted by molar-refractivity contribution is -0.122. The zero-order valence-corrected chi connectivity index (χ0v) is 11.4. The Morgan fingerprint density at radius 2 is 2.06 bits per heavy atom. The topological polar surface area (TPSA) is 20.3 Å². The van der Waals surface area contributed by atoms with E-state index in [1.54, 1.807) is 0 Å². The van der Waals surface area contributed by atoms with Crippen molar-refractivity contribution in [1.82, 2.24) is 0 Å². The van der Waals surface area contributed by atoms with E-state index in [9.17, 15) is 4.79 Å². The van der Waals surface area contributed by atoms with Crippen molar-refractivity contribution in [3.8, 4) is 0 Å². The highest BCUT2D eigenvalue weighted by atomic mass is 16.2. The highest BCUT2D eigenvalue weighted by Crippen LogP contribution is 2.19. The van der Waals surface area contributed by atoms with Crippen LogP contribution in [0.15, 0.2) is 24.3 Å². The molecular formula is C15H23NO. The van der Waals surface area contributed by atoms with Crippen LogP contribution in [0, 0.1) is 12.8 Å². The van der Waals surface area contributed by atoms with E-state index in [1.165, 1.54) is 5.56 Å². The molecule has 1 amide bonds. The molecule has 0 fully saturated rings. The van der Waals surface area contributed by atoms with E-state index < -0.39 is 0 Å². The lowest BCUT2D eigenvalue weighted by atomic mass is 10.1. The number of amides is 1. The summed E-state index contributed by atoms with van der Waals surface area (Å²) in [5, 5.41) is 0. The Labute approximate surface area is 105 Å². The van der Waals surface area contributed by atoms with Crippen molar-refractivity contribution in [2.75, 3.05) is 11.4 Å². The van der Waals surface area contributed by atoms with Crippen LogP contribution in [-0.2, 0) is 4.79 Å². The van der Waals surface area contributed by atoms with Gasteiger partial charge in [0.05, 0.1) is 0 Å². The van der Waals surface area contributed by atoms with Crippen molar-refractivity contribution in [1.29, 1.82) is 0 Å². The summed E-state index contributed by atoms with van der Waals surface area (Å²) in [7, 11) is 0. The van der Waals surface area contributed by atoms with E-state index >= 15 is 0 Å². The van der Waals surface area contributed by atoms with Gasteiger partial charge in [0.25, 0.3) is 0 Å². The Balaban J connectivity index is 2.96. The Morgan fingerprint density at radius 3 is 2.59 bits per heavy atom. The van der Waals surface area contributed by atoms with Gasteiger partial charge in [0, 0.05) is 18.2 Å². The van der Waals surface area contributed by atoms with Crippen LogP contribution in [0.5, 0.6) is 0 Å². The third-order valence-electron chi connectivity index (χ3n) is 3.06. The first-order valence-corrected chi connectivity index (χ1v) is 6.48. The largest absolute Gasteiger partial charge is 0.312 e. The molecule has 0 spiro atoms. The quantitative estimate of drug-likeness (QED) is 0.757. The number of nitrogens with zero attached hydrogens (tertiary/aromatic N) is 1. The molecule has 0 aromatic heterocycles. The summed E-state index contributed by atoms with van der Waals surface area (Å²) in [4.78, 5) is 14.2. The molecule has 0 N–H and O–H groups in total. The first-order valence-electron chi connectivity index (χ1n) is 6.48. The minimum atomic E-state index is 0.0991. The Kier molecular flexibility index (Phi) is 5.20. The van der Waals surface area contributed by atoms with Gasteiger partial charge >= 0.3 is 0 Å². The zero-order chi connectivity index (χ0) is 12.8. The predicted octanol–water partition coefficient (Wildman–Crippen LogP) is 3.78. The van der Waals surface area contributed by atoms with Crippen LogP contribution < -0.4 is 4.90 Å². The molecule has 0 aliphatic heterocycles. The van der Waals surface area contributed by atoms with E-state index in [0.717, 1.165) is 25.1 Å². The van der Waals surface area contributed by atoms with Crippen molar-refractivity contribution in [3.63, 3.8) is 0 Å². The summed E-state index contributed by atoms with van der Waals surface area (Å²) in [5.41, 5.74) is 2.22. The van der Waals surface area contributed by atoms with E-state index in [4.69, 9.17) is 0 Å². The first-order chi connectivity index (χ1) is 8.10. The van der Waals surface area contributed by atoms with Gasteiger partial charge in [-0.1, -0.05) is 32.9 Å². The third kappa shape index (κ3) is 3.58. The highest BCUT2D eigenvalue weighted by Gasteiger charge is 2.19. The molecule has 1 aromatic carbocycles. The fraction of sp³-hybridized carbons (Fsp3) is 0.533. The molecule has 0 radical (unpaired) electrons. The molecule has 0 bridgehead atoms. The normalized spacial score (nSPS) is 12.2. The van der Waals surface area contributed by atoms with Gasteiger partial charge in [-0.3, -0.25) is 4.79 Å². The van der Waals surface area contributed by atoms with E-state index in [-0.39, 0.29) is 11.8 Å². The van der Waals surface area contributed by atoms with Crippen molar-refractivity contribution in [3.05, 3.63) is 29.8 Å². The second kappa shape index (κ2) is 6.43. The van der Waals surface area contributed by atoms with Gasteiger partial charge in [-0.05, 0) is 37.5 Å². The first kappa shape index (κ1) is 13.8. The molecular weight excluding hydrogens is 210 g/mol. The second-order valence-electron chi connectivity index (χ2n) is 4.64. The van der Waals surface area contributed by atoms with E-state index in [2.05, 4.69) is 32.9 Å². The maximum absolute atomic E-state index is 12.3. The van der Waals surface area contributed by atoms with Gasteiger partial charge in [-0.2, -0.15) is 0 Å². The molecule has 1 unspecified atom stereocenters. The fourth-order valence-electron chi connectivity index (χ4n) is 1.83. The second-order valence-corrected chi connectivity index (χ2v) is 4.64. The van der Waals surface area contributed by atoms with Crippen molar-refractivity contribution in [2.24, 2.45) is 5.92 Å². The van der Waals surface area contributed by atoms with Crippen LogP contribution in [-0.4, -0.2) is 12.5 Å². The molecule has 94 valence electrons. The smallest absolute Gasteiger partial charge is 0.229 e. The minimum Gasteiger partial charge on any atom is -0.312 e. The van der Waals surface area contributed by atoms with Gasteiger partial charge in [0.15, 0.2) is 0 Å². The highest BCUT2D eigenvalue weighted by molar-refractivity contribution is 5.94. The number of hydrogen-bond donors (Lipinski definition) is 0. The molecule has 2 heteroatoms. The zero-order valence-electron chi connectivity index (χ0n) is 11.4. The summed E-state index contributed by atoms with van der Waals surface area (Å²) < 4.78 is 0. The summed E-state index contributed by atoms with van der Waals surface area (Å²) in [5.74, 6) is 0.335. The van der Waals surface area contributed by atoms with Crippen LogP contribution in [0.25, 0.3) is 0 Å². The number of carbonyl (C=O) groups is 1. The number of hydrogen-bond acceptors (Lipinski definition) is 1. The maximum Gasteiger partial charge on any atom is 0.229 e. The third-order valence-corrected chi connectivity index (χ3v) is 3.06. The summed E-state index contributed by atoms with van der Waals surface area (Å²) in [6.07, 6.45) is 1.88. The molecule has 1 atom stereocenters. The summed E-state index contributed by atoms with van der Waals surface area (Å²) in [6.45, 7) is 9.02. The SMILES string of the molecule is CCCN(C(=O)C(C)CC)c1cccc(C)c1. The summed E-state index contributed by atoms with van der Waals surface area (Å²) >= 11 is 0. The molecule has 1 rings (SSSR count). The van der Waals surface area contributed by atoms with Crippen LogP contribution in [0.2, 0.25) is 0 Å². The molecule has 1 aromatic rings. The molecule has 0 saturated carbocycles. The number of benzene rings is 1. The van der Waals surface area contributed by atoms with E-state index in [1.807, 2.05) is 24.0 Å². The number of aryl methyl sites for hydroxylation is 1. The van der Waals surface area contributed by atoms with Crippen LogP contribution in [0.4, 0.5) is 5.69 Å². The minimum absolute atomic E-state index is 0.0991. The lowest BCUT2D eigenvalue weighted by Crippen LogP contribution is -2.35. The van der Waals surface area contributed by atoms with Crippen LogP contribution >= 0.6 is 0 Å². The lowest BCUT2D eigenvalue weighted by Gasteiger charge is -2.25. The maximum atomic E-state index is 12.3. The molecule has 2 nitrogen and oxygen atoms in total. The van der Waals surface area contributed by atoms with Crippen LogP contribution in [0.1, 0.15) is 39.2 Å². The average molecular weight is 233 g/mol. The standard InChI is InChI=1S/C15H23NO/c1-5-10-16(15(17)13(4)6-2)14-9-7-8-12(3)11-14/h7-9,11,13H,5-6,10H2,1-4H3. The van der Waals surface area contributed by atoms with Crippen molar-refractivity contribution >= 4 is 11.6 Å². The number of carbonyl (C=O) groups excluding carboxylic acids is 1. The Hall–Kier alpha value is -1.31. The van der Waals surface area contributed by atoms with Crippen molar-refractivity contribution in [2.45, 2.75) is 40.5 Å². The number of rotatable bonds is 5. The van der Waals surface area contributed by atoms with Gasteiger partial charge in [-0.15, -0.1) is 0 Å². The fourth-order valence-corrected chi connectivity index (χ4v) is 1.83. The van der Waals surface area contributed by atoms with Crippen molar-refractivity contribution < 1.29 is 4.79 Å². The van der Waals surface area contributed by atoms with E-state index in [0.29, 0.717) is 0 Å². The molecule has 0 heterocycles. The Bertz CT molecular complexity index is 373. The number of anilines is 1. The van der Waals surface area contributed by atoms with Crippen LogP contribution in [0.3, 0.4) is 0 Å². The van der Waals surface area contributed by atoms with Gasteiger partial charge in [-0.25, -0.2) is 0 Å². The van der Waals surface area contributed by atoms with Gasteiger partial charge < -0.3 is 4.90 Å². The summed E-state index contributed by atoms with van der Waals surface area (Å²) in [6, 6.07) is 8.16. The molecule has 0 aliphatic carbocycles. The van der Waals surface area contributed by atoms with Gasteiger partial charge in [0.2, 0.25) is 5.91 Å².